The van der Waals surface area contributed by atoms with Crippen LogP contribution in [-0.2, 0) is 11.3 Å². The van der Waals surface area contributed by atoms with Crippen molar-refractivity contribution in [2.45, 2.75) is 89.3 Å². The Morgan fingerprint density at radius 3 is 2.45 bits per heavy atom. The third kappa shape index (κ3) is 3.09. The Hall–Kier alpha value is -1.79. The molecular formula is C27H39N5O. The molecule has 4 aliphatic rings. The topological polar surface area (TPSA) is 99.8 Å². The summed E-state index contributed by atoms with van der Waals surface area (Å²) in [6.07, 6.45) is 9.91. The molecule has 0 saturated heterocycles. The van der Waals surface area contributed by atoms with Gasteiger partial charge in [-0.05, 0) is 99.0 Å². The minimum atomic E-state index is -0.231. The fraction of sp³-hybridized carbons (Fsp3) is 0.741. The standard InChI is InChI=1S/C27H39N5O/c1-17-9-14-27(29)20-11-12-25(2)19(18(20)10-13-26(27,28)15-17)7-8-21(25)24(33)16-32-30-22-5-3-4-6-23(22)31-32/h3-6,17-21H,7-16,28-29H2,1-2H3. The SMILES string of the molecule is CC1CCC2(N)C3CCC4(C)C(C(=O)Cn5nc6ccccc6n5)CCC4C3CCC2(N)C1. The molecule has 0 aliphatic heterocycles. The molecule has 2 aromatic rings. The van der Waals surface area contributed by atoms with Gasteiger partial charge in [0.15, 0.2) is 5.78 Å². The van der Waals surface area contributed by atoms with Crippen LogP contribution in [0.5, 0.6) is 0 Å². The van der Waals surface area contributed by atoms with Crippen LogP contribution in [0.2, 0.25) is 0 Å². The largest absolute Gasteiger partial charge is 0.324 e. The molecule has 6 rings (SSSR count). The number of benzene rings is 1. The number of carbonyl (C=O) groups is 1. The van der Waals surface area contributed by atoms with Gasteiger partial charge in [0.25, 0.3) is 0 Å². The van der Waals surface area contributed by atoms with Crippen LogP contribution < -0.4 is 11.5 Å². The van der Waals surface area contributed by atoms with E-state index in [1.807, 2.05) is 24.3 Å². The minimum absolute atomic E-state index is 0.0672. The first kappa shape index (κ1) is 21.7. The van der Waals surface area contributed by atoms with Gasteiger partial charge in [0.2, 0.25) is 0 Å². The first-order valence-corrected chi connectivity index (χ1v) is 13.1. The molecule has 0 radical (unpaired) electrons. The van der Waals surface area contributed by atoms with E-state index in [4.69, 9.17) is 11.5 Å². The number of hydrogen-bond donors (Lipinski definition) is 2. The molecule has 4 fully saturated rings. The molecule has 0 amide bonds. The number of ketones is 1. The summed E-state index contributed by atoms with van der Waals surface area (Å²) in [6.45, 7) is 5.01. The quantitative estimate of drug-likeness (QED) is 0.736. The monoisotopic (exact) mass is 449 g/mol. The smallest absolute Gasteiger partial charge is 0.159 e. The van der Waals surface area contributed by atoms with E-state index in [0.717, 1.165) is 56.0 Å². The number of nitrogens with zero attached hydrogens (tertiary/aromatic N) is 3. The van der Waals surface area contributed by atoms with Crippen molar-refractivity contribution in [3.05, 3.63) is 24.3 Å². The van der Waals surface area contributed by atoms with Crippen LogP contribution >= 0.6 is 0 Å². The van der Waals surface area contributed by atoms with E-state index in [1.54, 1.807) is 4.80 Å². The Kier molecular flexibility index (Phi) is 4.84. The van der Waals surface area contributed by atoms with Crippen molar-refractivity contribution >= 4 is 16.8 Å². The maximum Gasteiger partial charge on any atom is 0.159 e. The highest BCUT2D eigenvalue weighted by molar-refractivity contribution is 5.82. The number of aromatic nitrogens is 3. The lowest BCUT2D eigenvalue weighted by Gasteiger charge is -2.64. The highest BCUT2D eigenvalue weighted by Crippen LogP contribution is 2.65. The van der Waals surface area contributed by atoms with Crippen molar-refractivity contribution < 1.29 is 4.79 Å². The van der Waals surface area contributed by atoms with Gasteiger partial charge in [-0.3, -0.25) is 4.79 Å². The van der Waals surface area contributed by atoms with E-state index in [0.29, 0.717) is 29.5 Å². The average molecular weight is 450 g/mol. The molecule has 4 saturated carbocycles. The number of carbonyl (C=O) groups excluding carboxylic acids is 1. The molecule has 6 heteroatoms. The maximum atomic E-state index is 13.5. The second-order valence-electron chi connectivity index (χ2n) is 12.3. The van der Waals surface area contributed by atoms with Gasteiger partial charge in [-0.1, -0.05) is 26.0 Å². The van der Waals surface area contributed by atoms with E-state index in [2.05, 4.69) is 24.0 Å². The second-order valence-corrected chi connectivity index (χ2v) is 12.3. The maximum absolute atomic E-state index is 13.5. The lowest BCUT2D eigenvalue weighted by atomic mass is 9.44. The van der Waals surface area contributed by atoms with Gasteiger partial charge in [-0.2, -0.15) is 15.0 Å². The van der Waals surface area contributed by atoms with Crippen molar-refractivity contribution in [3.8, 4) is 0 Å². The van der Waals surface area contributed by atoms with Gasteiger partial charge < -0.3 is 11.5 Å². The molecule has 1 aromatic heterocycles. The Labute approximate surface area is 196 Å². The van der Waals surface area contributed by atoms with Crippen molar-refractivity contribution in [1.82, 2.24) is 15.0 Å². The van der Waals surface area contributed by atoms with Gasteiger partial charge in [0.05, 0.1) is 0 Å². The van der Waals surface area contributed by atoms with Gasteiger partial charge in [-0.15, -0.1) is 0 Å². The third-order valence-corrected chi connectivity index (χ3v) is 10.7. The van der Waals surface area contributed by atoms with Gasteiger partial charge in [-0.25, -0.2) is 0 Å². The molecule has 6 nitrogen and oxygen atoms in total. The summed E-state index contributed by atoms with van der Waals surface area (Å²) >= 11 is 0. The van der Waals surface area contributed by atoms with Crippen LogP contribution in [0, 0.1) is 35.0 Å². The van der Waals surface area contributed by atoms with E-state index >= 15 is 0 Å². The fourth-order valence-corrected chi connectivity index (χ4v) is 9.04. The summed E-state index contributed by atoms with van der Waals surface area (Å²) in [5, 5.41) is 9.08. The summed E-state index contributed by atoms with van der Waals surface area (Å²) < 4.78 is 0. The normalized spacial score (nSPS) is 44.8. The zero-order chi connectivity index (χ0) is 23.0. The minimum Gasteiger partial charge on any atom is -0.324 e. The Bertz CT molecular complexity index is 1050. The molecule has 1 aromatic carbocycles. The van der Waals surface area contributed by atoms with E-state index in [1.165, 1.54) is 12.8 Å². The number of hydrogen-bond acceptors (Lipinski definition) is 5. The highest BCUT2D eigenvalue weighted by Gasteiger charge is 2.64. The molecule has 0 spiro atoms. The van der Waals surface area contributed by atoms with Crippen LogP contribution in [0.15, 0.2) is 24.3 Å². The van der Waals surface area contributed by atoms with Crippen molar-refractivity contribution in [2.24, 2.45) is 46.5 Å². The van der Waals surface area contributed by atoms with Crippen molar-refractivity contribution in [1.29, 1.82) is 0 Å². The lowest BCUT2D eigenvalue weighted by Crippen LogP contribution is -2.75. The third-order valence-electron chi connectivity index (χ3n) is 10.7. The number of fused-ring (bicyclic) bond motifs is 6. The fourth-order valence-electron chi connectivity index (χ4n) is 9.04. The van der Waals surface area contributed by atoms with E-state index in [-0.39, 0.29) is 29.0 Å². The van der Waals surface area contributed by atoms with E-state index < -0.39 is 0 Å². The van der Waals surface area contributed by atoms with Crippen molar-refractivity contribution in [3.63, 3.8) is 0 Å². The van der Waals surface area contributed by atoms with Crippen LogP contribution in [-0.4, -0.2) is 31.9 Å². The molecule has 1 heterocycles. The lowest BCUT2D eigenvalue weighted by molar-refractivity contribution is -0.133. The van der Waals surface area contributed by atoms with Gasteiger partial charge in [0, 0.05) is 17.0 Å². The summed E-state index contributed by atoms with van der Waals surface area (Å²) in [5.74, 6) is 2.78. The van der Waals surface area contributed by atoms with Crippen LogP contribution in [0.3, 0.4) is 0 Å². The highest BCUT2D eigenvalue weighted by atomic mass is 16.1. The molecule has 0 bridgehead atoms. The van der Waals surface area contributed by atoms with Gasteiger partial charge in [0.1, 0.15) is 17.6 Å². The molecule has 8 unspecified atom stereocenters. The average Bonchev–Trinajstić information content (AvgIpc) is 3.34. The van der Waals surface area contributed by atoms with Gasteiger partial charge >= 0.3 is 0 Å². The molecule has 4 N–H and O–H groups in total. The summed E-state index contributed by atoms with van der Waals surface area (Å²) in [6, 6.07) is 7.82. The van der Waals surface area contributed by atoms with Crippen LogP contribution in [0.1, 0.15) is 71.6 Å². The summed E-state index contributed by atoms with van der Waals surface area (Å²) in [5.41, 5.74) is 15.7. The predicted molar refractivity (Wildman–Crippen MR) is 129 cm³/mol. The Morgan fingerprint density at radius 2 is 1.73 bits per heavy atom. The first-order valence-electron chi connectivity index (χ1n) is 13.1. The number of Topliss-reactive ketones (excluding diaryl/α,β-unsaturated/α-hetero) is 1. The first-order chi connectivity index (χ1) is 15.7. The zero-order valence-corrected chi connectivity index (χ0v) is 20.2. The number of nitrogens with two attached hydrogens (primary N) is 2. The Balaban J connectivity index is 1.23. The predicted octanol–water partition coefficient (Wildman–Crippen LogP) is 4.07. The molecule has 8 atom stereocenters. The molecule has 33 heavy (non-hydrogen) atoms. The Morgan fingerprint density at radius 1 is 1.00 bits per heavy atom. The van der Waals surface area contributed by atoms with Crippen LogP contribution in [0.4, 0.5) is 0 Å². The second kappa shape index (κ2) is 7.35. The molecule has 4 aliphatic carbocycles. The van der Waals surface area contributed by atoms with Crippen molar-refractivity contribution in [2.75, 3.05) is 0 Å². The summed E-state index contributed by atoms with van der Waals surface area (Å²) in [4.78, 5) is 15.2. The number of rotatable bonds is 3. The zero-order valence-electron chi connectivity index (χ0n) is 20.2. The molecule has 178 valence electrons. The molecular weight excluding hydrogens is 410 g/mol. The van der Waals surface area contributed by atoms with E-state index in [9.17, 15) is 4.79 Å². The summed E-state index contributed by atoms with van der Waals surface area (Å²) in [7, 11) is 0. The van der Waals surface area contributed by atoms with Crippen LogP contribution in [0.25, 0.3) is 11.0 Å².